The van der Waals surface area contributed by atoms with Gasteiger partial charge < -0.3 is 16.6 Å². The topological polar surface area (TPSA) is 173 Å². The summed E-state index contributed by atoms with van der Waals surface area (Å²) >= 11 is 0. The SMILES string of the molecule is CCC(O)N(C(N)=O)C(N)=O.COS(=O)(=O)O. The minimum Gasteiger partial charge on any atom is -0.373 e. The van der Waals surface area contributed by atoms with Crippen LogP contribution in [0.4, 0.5) is 9.59 Å². The molecule has 1 atom stereocenters. The molecule has 0 aliphatic carbocycles. The molecule has 4 amide bonds. The van der Waals surface area contributed by atoms with Gasteiger partial charge in [-0.05, 0) is 6.42 Å². The summed E-state index contributed by atoms with van der Waals surface area (Å²) in [4.78, 5) is 21.2. The molecule has 0 rings (SSSR count). The van der Waals surface area contributed by atoms with Gasteiger partial charge in [0.2, 0.25) is 0 Å². The van der Waals surface area contributed by atoms with Crippen LogP contribution in [0.25, 0.3) is 0 Å². The summed E-state index contributed by atoms with van der Waals surface area (Å²) in [6.45, 7) is 1.59. The van der Waals surface area contributed by atoms with Gasteiger partial charge >= 0.3 is 22.5 Å². The van der Waals surface area contributed by atoms with Crippen LogP contribution in [0.1, 0.15) is 13.3 Å². The molecule has 0 heterocycles. The number of imide groups is 1. The van der Waals surface area contributed by atoms with E-state index in [0.717, 1.165) is 7.11 Å². The maximum atomic E-state index is 10.4. The lowest BCUT2D eigenvalue weighted by Crippen LogP contribution is -2.49. The van der Waals surface area contributed by atoms with Crippen LogP contribution in [-0.4, -0.2) is 48.4 Å². The molecule has 6 N–H and O–H groups in total. The van der Waals surface area contributed by atoms with Crippen molar-refractivity contribution in [1.82, 2.24) is 4.90 Å². The summed E-state index contributed by atoms with van der Waals surface area (Å²) in [5.74, 6) is 0. The number of carbonyl (C=O) groups excluding carboxylic acids is 2. The molecule has 0 radical (unpaired) electrons. The number of hydrogen-bond donors (Lipinski definition) is 4. The molecule has 17 heavy (non-hydrogen) atoms. The average molecular weight is 273 g/mol. The van der Waals surface area contributed by atoms with Crippen LogP contribution in [0.2, 0.25) is 0 Å². The molecular weight excluding hydrogens is 258 g/mol. The Morgan fingerprint density at radius 2 is 1.65 bits per heavy atom. The molecule has 0 spiro atoms. The van der Waals surface area contributed by atoms with E-state index in [1.807, 2.05) is 0 Å². The highest BCUT2D eigenvalue weighted by Gasteiger charge is 2.22. The van der Waals surface area contributed by atoms with Crippen LogP contribution in [0.15, 0.2) is 0 Å². The van der Waals surface area contributed by atoms with Crippen molar-refractivity contribution >= 4 is 22.5 Å². The molecule has 0 aliphatic heterocycles. The summed E-state index contributed by atoms with van der Waals surface area (Å²) in [5, 5.41) is 8.98. The second-order valence-corrected chi connectivity index (χ2v) is 3.72. The predicted molar refractivity (Wildman–Crippen MR) is 55.9 cm³/mol. The molecule has 0 aromatic carbocycles. The fourth-order valence-electron chi connectivity index (χ4n) is 0.585. The second-order valence-electron chi connectivity index (χ2n) is 2.53. The Hall–Kier alpha value is -1.43. The van der Waals surface area contributed by atoms with Crippen LogP contribution in [-0.2, 0) is 14.6 Å². The van der Waals surface area contributed by atoms with Gasteiger partial charge in [0.15, 0.2) is 0 Å². The van der Waals surface area contributed by atoms with E-state index in [-0.39, 0.29) is 6.42 Å². The fraction of sp³-hybridized carbons (Fsp3) is 0.667. The summed E-state index contributed by atoms with van der Waals surface area (Å²) in [7, 11) is -3.29. The van der Waals surface area contributed by atoms with Gasteiger partial charge in [-0.3, -0.25) is 8.74 Å². The molecule has 0 fully saturated rings. The number of aliphatic hydroxyl groups excluding tert-OH is 1. The third-order valence-electron chi connectivity index (χ3n) is 1.35. The van der Waals surface area contributed by atoms with Gasteiger partial charge in [-0.25, -0.2) is 14.5 Å². The Morgan fingerprint density at radius 1 is 1.35 bits per heavy atom. The zero-order valence-corrected chi connectivity index (χ0v) is 10.0. The maximum Gasteiger partial charge on any atom is 0.397 e. The lowest BCUT2D eigenvalue weighted by Gasteiger charge is -2.20. The zero-order valence-electron chi connectivity index (χ0n) is 9.23. The number of nitrogens with zero attached hydrogens (tertiary/aromatic N) is 1. The van der Waals surface area contributed by atoms with E-state index in [1.165, 1.54) is 0 Å². The van der Waals surface area contributed by atoms with E-state index in [2.05, 4.69) is 4.18 Å². The van der Waals surface area contributed by atoms with Gasteiger partial charge in [0.1, 0.15) is 6.23 Å². The van der Waals surface area contributed by atoms with E-state index in [0.29, 0.717) is 4.90 Å². The zero-order chi connectivity index (χ0) is 14.2. The van der Waals surface area contributed by atoms with Crippen molar-refractivity contribution in [2.45, 2.75) is 19.6 Å². The fourth-order valence-corrected chi connectivity index (χ4v) is 0.585. The number of nitrogens with two attached hydrogens (primary N) is 2. The largest absolute Gasteiger partial charge is 0.397 e. The predicted octanol–water partition coefficient (Wildman–Crippen LogP) is -1.39. The third-order valence-corrected chi connectivity index (χ3v) is 1.77. The molecule has 0 bridgehead atoms. The average Bonchev–Trinajstić information content (AvgIpc) is 2.16. The minimum atomic E-state index is -4.16. The molecule has 11 heteroatoms. The van der Waals surface area contributed by atoms with E-state index < -0.39 is 28.7 Å². The molecule has 0 aromatic rings. The summed E-state index contributed by atoms with van der Waals surface area (Å²) in [6.07, 6.45) is -1.03. The van der Waals surface area contributed by atoms with Crippen LogP contribution in [0, 0.1) is 0 Å². The van der Waals surface area contributed by atoms with Gasteiger partial charge in [-0.15, -0.1) is 0 Å². The smallest absolute Gasteiger partial charge is 0.373 e. The number of primary amides is 2. The lowest BCUT2D eigenvalue weighted by molar-refractivity contribution is 0.0547. The van der Waals surface area contributed by atoms with Crippen molar-refractivity contribution in [3.8, 4) is 0 Å². The number of carbonyl (C=O) groups is 2. The van der Waals surface area contributed by atoms with Crippen LogP contribution in [0.5, 0.6) is 0 Å². The van der Waals surface area contributed by atoms with Crippen LogP contribution in [0.3, 0.4) is 0 Å². The Bertz CT molecular complexity index is 341. The van der Waals surface area contributed by atoms with E-state index in [9.17, 15) is 18.0 Å². The molecule has 0 saturated carbocycles. The molecule has 10 nitrogen and oxygen atoms in total. The van der Waals surface area contributed by atoms with Crippen molar-refractivity contribution in [2.75, 3.05) is 7.11 Å². The lowest BCUT2D eigenvalue weighted by atomic mass is 10.4. The van der Waals surface area contributed by atoms with Crippen molar-refractivity contribution < 1.29 is 31.8 Å². The summed E-state index contributed by atoms with van der Waals surface area (Å²) in [5.41, 5.74) is 9.48. The number of amides is 4. The van der Waals surface area contributed by atoms with E-state index >= 15 is 0 Å². The van der Waals surface area contributed by atoms with Crippen molar-refractivity contribution in [1.29, 1.82) is 0 Å². The van der Waals surface area contributed by atoms with Gasteiger partial charge in [0, 0.05) is 0 Å². The molecule has 0 aromatic heterocycles. The second kappa shape index (κ2) is 7.78. The number of hydrogen-bond acceptors (Lipinski definition) is 6. The number of aliphatic hydroxyl groups is 1. The Kier molecular flexibility index (Phi) is 8.21. The number of rotatable bonds is 3. The first kappa shape index (κ1) is 17.9. The minimum absolute atomic E-state index is 0.200. The normalized spacial score (nSPS) is 12.0. The Morgan fingerprint density at radius 3 is 1.71 bits per heavy atom. The summed E-state index contributed by atoms with van der Waals surface area (Å²) < 4.78 is 29.7. The van der Waals surface area contributed by atoms with Crippen LogP contribution < -0.4 is 11.5 Å². The van der Waals surface area contributed by atoms with Gasteiger partial charge in [-0.2, -0.15) is 8.42 Å². The van der Waals surface area contributed by atoms with Crippen molar-refractivity contribution in [3.05, 3.63) is 0 Å². The first-order valence-electron chi connectivity index (χ1n) is 4.16. The summed E-state index contributed by atoms with van der Waals surface area (Å²) in [6, 6.07) is -2.10. The highest BCUT2D eigenvalue weighted by molar-refractivity contribution is 7.80. The molecule has 1 unspecified atom stereocenters. The van der Waals surface area contributed by atoms with Crippen LogP contribution >= 0.6 is 0 Å². The number of urea groups is 2. The van der Waals surface area contributed by atoms with Gasteiger partial charge in [-0.1, -0.05) is 6.92 Å². The third kappa shape index (κ3) is 9.50. The molecule has 102 valence electrons. The molecule has 0 saturated heterocycles. The quantitative estimate of drug-likeness (QED) is 0.361. The highest BCUT2D eigenvalue weighted by Crippen LogP contribution is 1.98. The van der Waals surface area contributed by atoms with Gasteiger partial charge in [0.05, 0.1) is 7.11 Å². The van der Waals surface area contributed by atoms with E-state index in [1.54, 1.807) is 6.92 Å². The molecular formula is C6H15N3O7S. The maximum absolute atomic E-state index is 10.4. The Balaban J connectivity index is 0. The van der Waals surface area contributed by atoms with E-state index in [4.69, 9.17) is 21.1 Å². The Labute approximate surface area is 98.1 Å². The first-order valence-corrected chi connectivity index (χ1v) is 5.52. The monoisotopic (exact) mass is 273 g/mol. The highest BCUT2D eigenvalue weighted by atomic mass is 32.3. The van der Waals surface area contributed by atoms with Crippen molar-refractivity contribution in [3.63, 3.8) is 0 Å². The van der Waals surface area contributed by atoms with Gasteiger partial charge in [0.25, 0.3) is 0 Å². The van der Waals surface area contributed by atoms with Crippen molar-refractivity contribution in [2.24, 2.45) is 11.5 Å². The first-order chi connectivity index (χ1) is 7.56. The molecule has 0 aliphatic rings. The standard InChI is InChI=1S/C5H11N3O3.CH4O4S/c1-2-3(9)8(4(6)10)5(7)11;1-5-6(2,3)4/h3,9H,2H2,1H3,(H2,6,10)(H2,7,11);1H3,(H,2,3,4).